The molecular weight excluding hydrogens is 429 g/mol. The smallest absolute Gasteiger partial charge is 0.310 e. The van der Waals surface area contributed by atoms with Crippen molar-refractivity contribution in [1.82, 2.24) is 5.09 Å². The van der Waals surface area contributed by atoms with E-state index in [1.165, 1.54) is 0 Å². The normalized spacial score (nSPS) is 14.5. The van der Waals surface area contributed by atoms with Crippen molar-refractivity contribution in [2.75, 3.05) is 6.61 Å². The predicted octanol–water partition coefficient (Wildman–Crippen LogP) is 5.27. The fraction of sp³-hybridized carbons (Fsp3) is 0.240. The van der Waals surface area contributed by atoms with Gasteiger partial charge in [0, 0.05) is 15.6 Å². The molecule has 31 heavy (non-hydrogen) atoms. The van der Waals surface area contributed by atoms with Crippen molar-refractivity contribution in [2.24, 2.45) is 5.92 Å². The molecule has 3 aromatic rings. The van der Waals surface area contributed by atoms with Crippen molar-refractivity contribution < 1.29 is 14.1 Å². The van der Waals surface area contributed by atoms with Crippen molar-refractivity contribution in [2.45, 2.75) is 26.3 Å². The Balaban J connectivity index is 2.18. The fourth-order valence-corrected chi connectivity index (χ4v) is 6.43. The first-order chi connectivity index (χ1) is 14.8. The highest BCUT2D eigenvalue weighted by Crippen LogP contribution is 2.46. The van der Waals surface area contributed by atoms with Crippen LogP contribution in [-0.2, 0) is 19.6 Å². The molecule has 0 aliphatic rings. The van der Waals surface area contributed by atoms with Gasteiger partial charge in [0.15, 0.2) is 0 Å². The van der Waals surface area contributed by atoms with E-state index in [1.54, 1.807) is 26.0 Å². The molecule has 0 fully saturated rings. The largest absolute Gasteiger partial charge is 0.466 e. The van der Waals surface area contributed by atoms with Crippen molar-refractivity contribution in [3.63, 3.8) is 0 Å². The predicted molar refractivity (Wildman–Crippen MR) is 127 cm³/mol. The maximum atomic E-state index is 14.7. The Morgan fingerprint density at radius 1 is 0.968 bits per heavy atom. The first kappa shape index (κ1) is 23.3. The zero-order chi connectivity index (χ0) is 22.5. The summed E-state index contributed by atoms with van der Waals surface area (Å²) in [4.78, 5) is 12.8. The summed E-state index contributed by atoms with van der Waals surface area (Å²) >= 11 is 6.11. The maximum absolute atomic E-state index is 14.7. The summed E-state index contributed by atoms with van der Waals surface area (Å²) in [5.41, 5.74) is -0.192. The van der Waals surface area contributed by atoms with E-state index >= 15 is 0 Å². The van der Waals surface area contributed by atoms with Gasteiger partial charge < -0.3 is 4.74 Å². The van der Waals surface area contributed by atoms with E-state index in [1.807, 2.05) is 79.7 Å². The van der Waals surface area contributed by atoms with Gasteiger partial charge in [0.05, 0.1) is 18.1 Å². The highest BCUT2D eigenvalue weighted by Gasteiger charge is 2.44. The Hall–Kier alpha value is -2.39. The van der Waals surface area contributed by atoms with Crippen molar-refractivity contribution in [3.8, 4) is 0 Å². The number of ether oxygens (including phenoxy) is 1. The Kier molecular flexibility index (Phi) is 7.38. The van der Waals surface area contributed by atoms with Crippen LogP contribution < -0.4 is 15.7 Å². The van der Waals surface area contributed by atoms with Crippen LogP contribution in [0, 0.1) is 5.92 Å². The highest BCUT2D eigenvalue weighted by molar-refractivity contribution is 7.77. The third-order valence-electron chi connectivity index (χ3n) is 5.58. The second kappa shape index (κ2) is 9.82. The van der Waals surface area contributed by atoms with Crippen LogP contribution in [0.3, 0.4) is 0 Å². The summed E-state index contributed by atoms with van der Waals surface area (Å²) in [5, 5.41) is 5.34. The van der Waals surface area contributed by atoms with Gasteiger partial charge in [-0.25, -0.2) is 5.09 Å². The first-order valence-corrected chi connectivity index (χ1v) is 12.3. The molecule has 0 amide bonds. The van der Waals surface area contributed by atoms with E-state index in [2.05, 4.69) is 5.09 Å². The van der Waals surface area contributed by atoms with Gasteiger partial charge in [0.2, 0.25) is 7.29 Å². The number of carbonyl (C=O) groups is 1. The molecule has 0 aromatic heterocycles. The summed E-state index contributed by atoms with van der Waals surface area (Å²) in [6.45, 7) is 5.72. The molecule has 0 spiro atoms. The third-order valence-corrected chi connectivity index (χ3v) is 8.66. The second-order valence-corrected chi connectivity index (χ2v) is 10.5. The SMILES string of the molecule is CCOC(=O)[C@@H](C)[C@](C)(NP(=O)(c1ccccc1)c1ccccc1)c1ccc(Cl)cc1. The molecular formula is C25H27ClNO3P. The number of nitrogens with one attached hydrogen (secondary N) is 1. The summed E-state index contributed by atoms with van der Waals surface area (Å²) in [6.07, 6.45) is 0. The van der Waals surface area contributed by atoms with Crippen LogP contribution in [0.1, 0.15) is 26.3 Å². The van der Waals surface area contributed by atoms with Crippen molar-refractivity contribution in [1.29, 1.82) is 0 Å². The third kappa shape index (κ3) is 4.93. The number of esters is 1. The van der Waals surface area contributed by atoms with Gasteiger partial charge in [-0.1, -0.05) is 60.1 Å². The molecule has 0 saturated heterocycles. The van der Waals surface area contributed by atoms with Gasteiger partial charge in [-0.05, 0) is 62.7 Å². The van der Waals surface area contributed by atoms with Gasteiger partial charge >= 0.3 is 5.97 Å². The number of hydrogen-bond acceptors (Lipinski definition) is 3. The monoisotopic (exact) mass is 455 g/mol. The molecule has 0 aliphatic carbocycles. The van der Waals surface area contributed by atoms with Gasteiger partial charge in [0.25, 0.3) is 0 Å². The van der Waals surface area contributed by atoms with Crippen LogP contribution in [-0.4, -0.2) is 12.6 Å². The van der Waals surface area contributed by atoms with Crippen LogP contribution in [0.5, 0.6) is 0 Å². The molecule has 2 atom stereocenters. The molecule has 6 heteroatoms. The Bertz CT molecular complexity index is 1010. The molecule has 162 valence electrons. The number of hydrogen-bond donors (Lipinski definition) is 1. The lowest BCUT2D eigenvalue weighted by atomic mass is 9.81. The molecule has 3 aromatic carbocycles. The molecule has 1 N–H and O–H groups in total. The number of rotatable bonds is 8. The van der Waals surface area contributed by atoms with Gasteiger partial charge in [0.1, 0.15) is 0 Å². The fourth-order valence-electron chi connectivity index (χ4n) is 3.59. The highest BCUT2D eigenvalue weighted by atomic mass is 35.5. The van der Waals surface area contributed by atoms with Crippen molar-refractivity contribution >= 4 is 35.5 Å². The van der Waals surface area contributed by atoms with Crippen LogP contribution in [0.25, 0.3) is 0 Å². The molecule has 0 unspecified atom stereocenters. The van der Waals surface area contributed by atoms with Crippen molar-refractivity contribution in [3.05, 3.63) is 95.5 Å². The minimum absolute atomic E-state index is 0.273. The van der Waals surface area contributed by atoms with E-state index in [4.69, 9.17) is 16.3 Å². The van der Waals surface area contributed by atoms with E-state index in [0.29, 0.717) is 15.6 Å². The van der Waals surface area contributed by atoms with E-state index < -0.39 is 18.7 Å². The minimum atomic E-state index is -3.33. The first-order valence-electron chi connectivity index (χ1n) is 10.2. The van der Waals surface area contributed by atoms with E-state index in [0.717, 1.165) is 5.56 Å². The van der Waals surface area contributed by atoms with E-state index in [9.17, 15) is 9.36 Å². The average molecular weight is 456 g/mol. The minimum Gasteiger partial charge on any atom is -0.466 e. The number of halogens is 1. The van der Waals surface area contributed by atoms with Gasteiger partial charge in [-0.3, -0.25) is 9.36 Å². The van der Waals surface area contributed by atoms with Gasteiger partial charge in [-0.2, -0.15) is 0 Å². The van der Waals surface area contributed by atoms with E-state index in [-0.39, 0.29) is 12.6 Å². The molecule has 3 rings (SSSR count). The Morgan fingerprint density at radius 3 is 1.90 bits per heavy atom. The molecule has 0 aliphatic heterocycles. The maximum Gasteiger partial charge on any atom is 0.310 e. The quantitative estimate of drug-likeness (QED) is 0.371. The second-order valence-electron chi connectivity index (χ2n) is 7.58. The summed E-state index contributed by atoms with van der Waals surface area (Å²) in [7, 11) is -3.33. The zero-order valence-electron chi connectivity index (χ0n) is 17.9. The summed E-state index contributed by atoms with van der Waals surface area (Å²) in [5.74, 6) is -0.977. The molecule has 0 radical (unpaired) electrons. The van der Waals surface area contributed by atoms with Crippen LogP contribution >= 0.6 is 18.9 Å². The zero-order valence-corrected chi connectivity index (χ0v) is 19.6. The van der Waals surface area contributed by atoms with Gasteiger partial charge in [-0.15, -0.1) is 0 Å². The Morgan fingerprint density at radius 2 is 1.45 bits per heavy atom. The molecule has 0 heterocycles. The number of carbonyl (C=O) groups excluding carboxylic acids is 1. The lowest BCUT2D eigenvalue weighted by Crippen LogP contribution is -2.49. The lowest BCUT2D eigenvalue weighted by molar-refractivity contribution is -0.150. The summed E-state index contributed by atoms with van der Waals surface area (Å²) < 4.78 is 20.0. The molecule has 0 saturated carbocycles. The average Bonchev–Trinajstić information content (AvgIpc) is 2.80. The molecule has 4 nitrogen and oxygen atoms in total. The lowest BCUT2D eigenvalue weighted by Gasteiger charge is -2.39. The van der Waals surface area contributed by atoms with Crippen LogP contribution in [0.2, 0.25) is 5.02 Å². The summed E-state index contributed by atoms with van der Waals surface area (Å²) in [6, 6.07) is 25.8. The standard InChI is InChI=1S/C25H27ClNO3P/c1-4-30-24(28)19(2)25(3,20-15-17-21(26)18-16-20)27-31(29,22-11-7-5-8-12-22)23-13-9-6-10-14-23/h5-19H,4H2,1-3H3,(H,27,29)/t19-,25+/m1/s1. The van der Waals surface area contributed by atoms with Crippen LogP contribution in [0.4, 0.5) is 0 Å². The topological polar surface area (TPSA) is 55.4 Å². The van der Waals surface area contributed by atoms with Crippen LogP contribution in [0.15, 0.2) is 84.9 Å². The Labute approximate surface area is 189 Å². The molecule has 0 bridgehead atoms. The number of benzene rings is 3.